The second kappa shape index (κ2) is 7.01. The van der Waals surface area contributed by atoms with Gasteiger partial charge in [0.1, 0.15) is 11.6 Å². The van der Waals surface area contributed by atoms with Gasteiger partial charge in [-0.05, 0) is 60.7 Å². The summed E-state index contributed by atoms with van der Waals surface area (Å²) in [5.41, 5.74) is 1.05. The lowest BCUT2D eigenvalue weighted by Crippen LogP contribution is -2.33. The van der Waals surface area contributed by atoms with Crippen molar-refractivity contribution in [2.45, 2.75) is 18.9 Å². The van der Waals surface area contributed by atoms with Crippen LogP contribution in [0.15, 0.2) is 48.5 Å². The highest BCUT2D eigenvalue weighted by Gasteiger charge is 2.33. The SMILES string of the molecule is O=C(COc1ccc(F)cc1)N[C@@H](c1ccc(Cl)cc1)C1CC1. The molecule has 0 aromatic heterocycles. The molecule has 1 amide bonds. The molecule has 0 aliphatic heterocycles. The second-order valence-electron chi connectivity index (χ2n) is 5.68. The van der Waals surface area contributed by atoms with Crippen LogP contribution in [0.1, 0.15) is 24.4 Å². The number of hydrogen-bond donors (Lipinski definition) is 1. The van der Waals surface area contributed by atoms with E-state index < -0.39 is 0 Å². The molecule has 120 valence electrons. The zero-order valence-electron chi connectivity index (χ0n) is 12.5. The zero-order valence-corrected chi connectivity index (χ0v) is 13.2. The van der Waals surface area contributed by atoms with Gasteiger partial charge in [0.2, 0.25) is 0 Å². The molecule has 2 aromatic rings. The van der Waals surface area contributed by atoms with Crippen LogP contribution in [-0.4, -0.2) is 12.5 Å². The molecule has 1 N–H and O–H groups in total. The summed E-state index contributed by atoms with van der Waals surface area (Å²) in [5.74, 6) is 0.404. The summed E-state index contributed by atoms with van der Waals surface area (Å²) in [6.45, 7) is -0.0948. The largest absolute Gasteiger partial charge is 0.484 e. The maximum atomic E-state index is 12.8. The van der Waals surface area contributed by atoms with E-state index in [0.29, 0.717) is 16.7 Å². The quantitative estimate of drug-likeness (QED) is 0.863. The van der Waals surface area contributed by atoms with Gasteiger partial charge in [0.25, 0.3) is 5.91 Å². The number of nitrogens with one attached hydrogen (secondary N) is 1. The number of carbonyl (C=O) groups is 1. The molecule has 1 aliphatic carbocycles. The molecule has 1 atom stereocenters. The van der Waals surface area contributed by atoms with E-state index in [1.165, 1.54) is 24.3 Å². The first-order valence-corrected chi connectivity index (χ1v) is 7.93. The summed E-state index contributed by atoms with van der Waals surface area (Å²) < 4.78 is 18.2. The van der Waals surface area contributed by atoms with Gasteiger partial charge in [0.05, 0.1) is 6.04 Å². The second-order valence-corrected chi connectivity index (χ2v) is 6.11. The van der Waals surface area contributed by atoms with Gasteiger partial charge in [-0.3, -0.25) is 4.79 Å². The molecular formula is C18H17ClFNO2. The summed E-state index contributed by atoms with van der Waals surface area (Å²) >= 11 is 5.91. The predicted octanol–water partition coefficient (Wildman–Crippen LogP) is 4.13. The third-order valence-electron chi connectivity index (χ3n) is 3.82. The fraction of sp³-hybridized carbons (Fsp3) is 0.278. The summed E-state index contributed by atoms with van der Waals surface area (Å²) in [6, 6.07) is 13.1. The smallest absolute Gasteiger partial charge is 0.258 e. The molecule has 3 nitrogen and oxygen atoms in total. The van der Waals surface area contributed by atoms with Gasteiger partial charge in [-0.25, -0.2) is 4.39 Å². The Bertz CT molecular complexity index is 668. The summed E-state index contributed by atoms with van der Waals surface area (Å²) in [6.07, 6.45) is 2.21. The third kappa shape index (κ3) is 4.45. The van der Waals surface area contributed by atoms with Crippen molar-refractivity contribution in [3.63, 3.8) is 0 Å². The molecule has 0 bridgehead atoms. The van der Waals surface area contributed by atoms with Crippen molar-refractivity contribution in [1.82, 2.24) is 5.32 Å². The topological polar surface area (TPSA) is 38.3 Å². The van der Waals surface area contributed by atoms with Crippen molar-refractivity contribution < 1.29 is 13.9 Å². The van der Waals surface area contributed by atoms with Gasteiger partial charge in [-0.2, -0.15) is 0 Å². The number of rotatable bonds is 6. The van der Waals surface area contributed by atoms with E-state index in [4.69, 9.17) is 16.3 Å². The summed E-state index contributed by atoms with van der Waals surface area (Å²) in [5, 5.41) is 3.69. The first-order chi connectivity index (χ1) is 11.1. The van der Waals surface area contributed by atoms with E-state index in [1.807, 2.05) is 24.3 Å². The molecule has 1 aliphatic rings. The van der Waals surface area contributed by atoms with Crippen LogP contribution in [0.3, 0.4) is 0 Å². The minimum Gasteiger partial charge on any atom is -0.484 e. The van der Waals surface area contributed by atoms with Crippen LogP contribution in [0, 0.1) is 11.7 Å². The molecule has 2 aromatic carbocycles. The average molecular weight is 334 g/mol. The van der Waals surface area contributed by atoms with E-state index in [1.54, 1.807) is 0 Å². The van der Waals surface area contributed by atoms with E-state index >= 15 is 0 Å². The van der Waals surface area contributed by atoms with Gasteiger partial charge in [-0.15, -0.1) is 0 Å². The highest BCUT2D eigenvalue weighted by Crippen LogP contribution is 2.41. The lowest BCUT2D eigenvalue weighted by atomic mass is 10.0. The highest BCUT2D eigenvalue weighted by molar-refractivity contribution is 6.30. The van der Waals surface area contributed by atoms with Crippen molar-refractivity contribution in [2.75, 3.05) is 6.61 Å². The summed E-state index contributed by atoms with van der Waals surface area (Å²) in [7, 11) is 0. The summed E-state index contributed by atoms with van der Waals surface area (Å²) in [4.78, 5) is 12.1. The minimum absolute atomic E-state index is 0.0171. The number of carbonyl (C=O) groups excluding carboxylic acids is 1. The van der Waals surface area contributed by atoms with Crippen LogP contribution in [-0.2, 0) is 4.79 Å². The molecule has 0 unspecified atom stereocenters. The van der Waals surface area contributed by atoms with Crippen LogP contribution in [0.25, 0.3) is 0 Å². The van der Waals surface area contributed by atoms with Crippen molar-refractivity contribution in [2.24, 2.45) is 5.92 Å². The molecule has 1 saturated carbocycles. The molecule has 0 spiro atoms. The number of amides is 1. The van der Waals surface area contributed by atoms with E-state index in [-0.39, 0.29) is 24.4 Å². The first-order valence-electron chi connectivity index (χ1n) is 7.55. The van der Waals surface area contributed by atoms with Crippen LogP contribution in [0.5, 0.6) is 5.75 Å². The fourth-order valence-electron chi connectivity index (χ4n) is 2.47. The van der Waals surface area contributed by atoms with Crippen LogP contribution in [0.4, 0.5) is 4.39 Å². The van der Waals surface area contributed by atoms with E-state index in [2.05, 4.69) is 5.32 Å². The Labute approximate surface area is 139 Å². The Balaban J connectivity index is 1.58. The third-order valence-corrected chi connectivity index (χ3v) is 4.07. The molecule has 0 heterocycles. The van der Waals surface area contributed by atoms with Gasteiger partial charge in [0, 0.05) is 5.02 Å². The average Bonchev–Trinajstić information content (AvgIpc) is 3.38. The van der Waals surface area contributed by atoms with Crippen LogP contribution in [0.2, 0.25) is 5.02 Å². The molecule has 3 rings (SSSR count). The number of hydrogen-bond acceptors (Lipinski definition) is 2. The normalized spacial score (nSPS) is 15.0. The molecule has 1 fully saturated rings. The Morgan fingerprint density at radius 2 is 1.83 bits per heavy atom. The minimum atomic E-state index is -0.335. The van der Waals surface area contributed by atoms with Gasteiger partial charge >= 0.3 is 0 Å². The molecule has 0 saturated heterocycles. The Morgan fingerprint density at radius 1 is 1.17 bits per heavy atom. The lowest BCUT2D eigenvalue weighted by molar-refractivity contribution is -0.124. The zero-order chi connectivity index (χ0) is 16.2. The lowest BCUT2D eigenvalue weighted by Gasteiger charge is -2.19. The monoisotopic (exact) mass is 333 g/mol. The van der Waals surface area contributed by atoms with E-state index in [9.17, 15) is 9.18 Å². The molecular weight excluding hydrogens is 317 g/mol. The Morgan fingerprint density at radius 3 is 2.43 bits per heavy atom. The molecule has 0 radical (unpaired) electrons. The van der Waals surface area contributed by atoms with Crippen molar-refractivity contribution >= 4 is 17.5 Å². The van der Waals surface area contributed by atoms with Gasteiger partial charge < -0.3 is 10.1 Å². The van der Waals surface area contributed by atoms with Crippen LogP contribution < -0.4 is 10.1 Å². The molecule has 5 heteroatoms. The molecule has 23 heavy (non-hydrogen) atoms. The first kappa shape index (κ1) is 15.8. The highest BCUT2D eigenvalue weighted by atomic mass is 35.5. The maximum absolute atomic E-state index is 12.8. The Hall–Kier alpha value is -2.07. The number of halogens is 2. The Kier molecular flexibility index (Phi) is 4.82. The van der Waals surface area contributed by atoms with E-state index in [0.717, 1.165) is 18.4 Å². The fourth-order valence-corrected chi connectivity index (χ4v) is 2.59. The maximum Gasteiger partial charge on any atom is 0.258 e. The number of benzene rings is 2. The predicted molar refractivity (Wildman–Crippen MR) is 87.0 cm³/mol. The van der Waals surface area contributed by atoms with Crippen LogP contribution >= 0.6 is 11.6 Å². The van der Waals surface area contributed by atoms with Gasteiger partial charge in [-0.1, -0.05) is 23.7 Å². The number of ether oxygens (including phenoxy) is 1. The van der Waals surface area contributed by atoms with Crippen molar-refractivity contribution in [3.05, 3.63) is 64.9 Å². The standard InChI is InChI=1S/C18H17ClFNO2/c19-14-5-3-13(4-6-14)18(12-1-2-12)21-17(22)11-23-16-9-7-15(20)8-10-16/h3-10,12,18H,1-2,11H2,(H,21,22)/t18-/m1/s1. The van der Waals surface area contributed by atoms with Gasteiger partial charge in [0.15, 0.2) is 6.61 Å². The van der Waals surface area contributed by atoms with Crippen molar-refractivity contribution in [3.8, 4) is 5.75 Å². The van der Waals surface area contributed by atoms with Crippen molar-refractivity contribution in [1.29, 1.82) is 0 Å².